The van der Waals surface area contributed by atoms with Gasteiger partial charge < -0.3 is 15.5 Å². The van der Waals surface area contributed by atoms with E-state index in [1.165, 1.54) is 51.7 Å². The van der Waals surface area contributed by atoms with Crippen LogP contribution in [0, 0.1) is 0 Å². The number of hydrogen-bond acceptors (Lipinski definition) is 3. The molecule has 0 aromatic heterocycles. The summed E-state index contributed by atoms with van der Waals surface area (Å²) in [6, 6.07) is 0. The third-order valence-electron chi connectivity index (χ3n) is 3.79. The van der Waals surface area contributed by atoms with Crippen LogP contribution in [0.3, 0.4) is 0 Å². The summed E-state index contributed by atoms with van der Waals surface area (Å²) in [6.07, 6.45) is 6.61. The van der Waals surface area contributed by atoms with Crippen LogP contribution in [-0.2, 0) is 0 Å². The third-order valence-corrected chi connectivity index (χ3v) is 3.79. The first-order chi connectivity index (χ1) is 7.18. The minimum Gasteiger partial charge on any atom is -0.323 e. The lowest BCUT2D eigenvalue weighted by atomic mass is 9.89. The fourth-order valence-electron chi connectivity index (χ4n) is 3.09. The Morgan fingerprint density at radius 1 is 1.07 bits per heavy atom. The SMILES string of the molecule is CN1CCCC(N)(CN2CCCCC2)C1. The van der Waals surface area contributed by atoms with Crippen molar-refractivity contribution in [1.82, 2.24) is 9.80 Å². The maximum atomic E-state index is 6.50. The van der Waals surface area contributed by atoms with Crippen molar-refractivity contribution < 1.29 is 0 Å². The van der Waals surface area contributed by atoms with Crippen molar-refractivity contribution >= 4 is 0 Å². The Morgan fingerprint density at radius 2 is 1.80 bits per heavy atom. The van der Waals surface area contributed by atoms with E-state index in [4.69, 9.17) is 5.73 Å². The van der Waals surface area contributed by atoms with Crippen LogP contribution < -0.4 is 5.73 Å². The normalized spacial score (nSPS) is 35.6. The molecule has 0 aliphatic carbocycles. The van der Waals surface area contributed by atoms with E-state index in [-0.39, 0.29) is 5.54 Å². The molecule has 0 radical (unpaired) electrons. The fourth-order valence-corrected chi connectivity index (χ4v) is 3.09. The average Bonchev–Trinajstić information content (AvgIpc) is 2.18. The summed E-state index contributed by atoms with van der Waals surface area (Å²) in [6.45, 7) is 5.94. The van der Waals surface area contributed by atoms with E-state index in [0.29, 0.717) is 0 Å². The summed E-state index contributed by atoms with van der Waals surface area (Å²) >= 11 is 0. The second-order valence-corrected chi connectivity index (χ2v) is 5.54. The zero-order valence-electron chi connectivity index (χ0n) is 10.0. The molecule has 1 unspecified atom stereocenters. The maximum Gasteiger partial charge on any atom is 0.0412 e. The van der Waals surface area contributed by atoms with Crippen LogP contribution in [0.5, 0.6) is 0 Å². The number of likely N-dealkylation sites (N-methyl/N-ethyl adjacent to an activating group) is 1. The van der Waals surface area contributed by atoms with Crippen molar-refractivity contribution in [2.24, 2.45) is 5.73 Å². The van der Waals surface area contributed by atoms with E-state index in [9.17, 15) is 0 Å². The molecule has 0 saturated carbocycles. The number of likely N-dealkylation sites (tertiary alicyclic amines) is 2. The highest BCUT2D eigenvalue weighted by Crippen LogP contribution is 2.20. The quantitative estimate of drug-likeness (QED) is 0.736. The van der Waals surface area contributed by atoms with Crippen molar-refractivity contribution in [3.63, 3.8) is 0 Å². The van der Waals surface area contributed by atoms with Crippen molar-refractivity contribution in [1.29, 1.82) is 0 Å². The van der Waals surface area contributed by atoms with Crippen LogP contribution >= 0.6 is 0 Å². The predicted octanol–water partition coefficient (Wildman–Crippen LogP) is 0.895. The van der Waals surface area contributed by atoms with Crippen LogP contribution in [0.15, 0.2) is 0 Å². The Labute approximate surface area is 93.6 Å². The van der Waals surface area contributed by atoms with Gasteiger partial charge in [-0.15, -0.1) is 0 Å². The summed E-state index contributed by atoms with van der Waals surface area (Å²) in [4.78, 5) is 4.95. The zero-order chi connectivity index (χ0) is 10.7. The first-order valence-corrected chi connectivity index (χ1v) is 6.38. The van der Waals surface area contributed by atoms with Gasteiger partial charge in [0.2, 0.25) is 0 Å². The molecule has 0 spiro atoms. The Balaban J connectivity index is 1.85. The van der Waals surface area contributed by atoms with Gasteiger partial charge >= 0.3 is 0 Å². The third kappa shape index (κ3) is 3.16. The average molecular weight is 211 g/mol. The van der Waals surface area contributed by atoms with Crippen LogP contribution in [0.2, 0.25) is 0 Å². The van der Waals surface area contributed by atoms with Crippen molar-refractivity contribution in [3.05, 3.63) is 0 Å². The second kappa shape index (κ2) is 4.81. The van der Waals surface area contributed by atoms with E-state index in [1.807, 2.05) is 0 Å². The molecular weight excluding hydrogens is 186 g/mol. The first kappa shape index (κ1) is 11.4. The summed E-state index contributed by atoms with van der Waals surface area (Å²) in [5, 5.41) is 0. The second-order valence-electron chi connectivity index (χ2n) is 5.54. The molecule has 2 heterocycles. The van der Waals surface area contributed by atoms with Gasteiger partial charge in [0.05, 0.1) is 0 Å². The van der Waals surface area contributed by atoms with Crippen molar-refractivity contribution in [2.75, 3.05) is 39.8 Å². The van der Waals surface area contributed by atoms with Gasteiger partial charge in [-0.2, -0.15) is 0 Å². The predicted molar refractivity (Wildman–Crippen MR) is 63.9 cm³/mol. The highest BCUT2D eigenvalue weighted by molar-refractivity contribution is 4.93. The van der Waals surface area contributed by atoms with E-state index in [2.05, 4.69) is 16.8 Å². The summed E-state index contributed by atoms with van der Waals surface area (Å²) in [5.74, 6) is 0. The smallest absolute Gasteiger partial charge is 0.0412 e. The molecule has 2 N–H and O–H groups in total. The molecule has 15 heavy (non-hydrogen) atoms. The number of nitrogens with zero attached hydrogens (tertiary/aromatic N) is 2. The van der Waals surface area contributed by atoms with Crippen molar-refractivity contribution in [2.45, 2.75) is 37.6 Å². The van der Waals surface area contributed by atoms with Crippen LogP contribution in [-0.4, -0.2) is 55.1 Å². The maximum absolute atomic E-state index is 6.50. The molecule has 2 rings (SSSR count). The lowest BCUT2D eigenvalue weighted by Gasteiger charge is -2.42. The number of piperidine rings is 2. The molecule has 0 amide bonds. The molecular formula is C12H25N3. The number of rotatable bonds is 2. The molecule has 88 valence electrons. The molecule has 2 aliphatic heterocycles. The molecule has 2 aliphatic rings. The van der Waals surface area contributed by atoms with E-state index in [0.717, 1.165) is 13.1 Å². The molecule has 2 fully saturated rings. The Bertz CT molecular complexity index is 201. The Morgan fingerprint density at radius 3 is 2.47 bits per heavy atom. The van der Waals surface area contributed by atoms with Gasteiger partial charge in [0.1, 0.15) is 0 Å². The summed E-state index contributed by atoms with van der Waals surface area (Å²) in [7, 11) is 2.19. The standard InChI is InChI=1S/C12H25N3/c1-14-7-5-6-12(13,10-14)11-15-8-3-2-4-9-15/h2-11,13H2,1H3. The fraction of sp³-hybridized carbons (Fsp3) is 1.00. The highest BCUT2D eigenvalue weighted by atomic mass is 15.2. The van der Waals surface area contributed by atoms with Crippen LogP contribution in [0.4, 0.5) is 0 Å². The van der Waals surface area contributed by atoms with Gasteiger partial charge in [-0.05, 0) is 52.4 Å². The van der Waals surface area contributed by atoms with Gasteiger partial charge in [0.25, 0.3) is 0 Å². The number of nitrogens with two attached hydrogens (primary N) is 1. The number of hydrogen-bond donors (Lipinski definition) is 1. The minimum atomic E-state index is 0.0599. The molecule has 2 saturated heterocycles. The van der Waals surface area contributed by atoms with Crippen LogP contribution in [0.25, 0.3) is 0 Å². The van der Waals surface area contributed by atoms with Gasteiger partial charge in [-0.25, -0.2) is 0 Å². The van der Waals surface area contributed by atoms with E-state index in [1.54, 1.807) is 0 Å². The highest BCUT2D eigenvalue weighted by Gasteiger charge is 2.32. The van der Waals surface area contributed by atoms with Gasteiger partial charge in [0, 0.05) is 18.6 Å². The lowest BCUT2D eigenvalue weighted by molar-refractivity contribution is 0.113. The molecule has 0 bridgehead atoms. The molecule has 1 atom stereocenters. The molecule has 0 aromatic rings. The monoisotopic (exact) mass is 211 g/mol. The Hall–Kier alpha value is -0.120. The van der Waals surface area contributed by atoms with Crippen LogP contribution in [0.1, 0.15) is 32.1 Å². The van der Waals surface area contributed by atoms with Crippen molar-refractivity contribution in [3.8, 4) is 0 Å². The first-order valence-electron chi connectivity index (χ1n) is 6.38. The van der Waals surface area contributed by atoms with E-state index < -0.39 is 0 Å². The summed E-state index contributed by atoms with van der Waals surface area (Å²) < 4.78 is 0. The largest absolute Gasteiger partial charge is 0.323 e. The lowest BCUT2D eigenvalue weighted by Crippen LogP contribution is -2.59. The minimum absolute atomic E-state index is 0.0599. The summed E-state index contributed by atoms with van der Waals surface area (Å²) in [5.41, 5.74) is 6.56. The topological polar surface area (TPSA) is 32.5 Å². The molecule has 3 nitrogen and oxygen atoms in total. The van der Waals surface area contributed by atoms with E-state index >= 15 is 0 Å². The van der Waals surface area contributed by atoms with Gasteiger partial charge in [-0.3, -0.25) is 0 Å². The van der Waals surface area contributed by atoms with Gasteiger partial charge in [0.15, 0.2) is 0 Å². The van der Waals surface area contributed by atoms with Gasteiger partial charge in [-0.1, -0.05) is 6.42 Å². The Kier molecular flexibility index (Phi) is 3.65. The molecule has 3 heteroatoms. The zero-order valence-corrected chi connectivity index (χ0v) is 10.0. The molecule has 0 aromatic carbocycles.